The van der Waals surface area contributed by atoms with Crippen molar-refractivity contribution in [3.63, 3.8) is 0 Å². The maximum Gasteiger partial charge on any atom is 0.268 e. The number of benzene rings is 1. The van der Waals surface area contributed by atoms with E-state index in [0.29, 0.717) is 15.8 Å². The van der Waals surface area contributed by atoms with E-state index in [4.69, 9.17) is 4.42 Å². The molecule has 1 aliphatic rings. The summed E-state index contributed by atoms with van der Waals surface area (Å²) in [5.41, 5.74) is 0.173. The lowest BCUT2D eigenvalue weighted by molar-refractivity contribution is -0.128. The Morgan fingerprint density at radius 3 is 2.41 bits per heavy atom. The van der Waals surface area contributed by atoms with E-state index >= 15 is 0 Å². The molecule has 1 N–H and O–H groups in total. The van der Waals surface area contributed by atoms with E-state index in [1.165, 1.54) is 19.1 Å². The fraction of sp³-hybridized carbons (Fsp3) is 0.222. The molecule has 0 aliphatic carbocycles. The Labute approximate surface area is 155 Å². The summed E-state index contributed by atoms with van der Waals surface area (Å²) in [7, 11) is -4.21. The van der Waals surface area contributed by atoms with Gasteiger partial charge in [0.15, 0.2) is 0 Å². The standard InChI is InChI=1S/C18H17FN2O5S/c1-11-3-8-15(26-11)9-20-16(22)10-21-18(23)12(2)17(27(21,24)25)13-4-6-14(19)7-5-13/h3-8H,9-10H2,1-2H3,(H,20,22). The zero-order valence-corrected chi connectivity index (χ0v) is 15.5. The minimum atomic E-state index is -4.21. The molecule has 7 nitrogen and oxygen atoms in total. The molecule has 142 valence electrons. The number of rotatable bonds is 5. The number of aryl methyl sites for hydroxylation is 1. The molecule has 2 heterocycles. The van der Waals surface area contributed by atoms with E-state index in [2.05, 4.69) is 5.32 Å². The third-order valence-corrected chi connectivity index (χ3v) is 6.02. The van der Waals surface area contributed by atoms with E-state index in [1.54, 1.807) is 19.1 Å². The number of carbonyl (C=O) groups excluding carboxylic acids is 2. The summed E-state index contributed by atoms with van der Waals surface area (Å²) in [6.45, 7) is 2.54. The van der Waals surface area contributed by atoms with Crippen LogP contribution >= 0.6 is 0 Å². The Morgan fingerprint density at radius 1 is 1.15 bits per heavy atom. The van der Waals surface area contributed by atoms with Gasteiger partial charge in [0.05, 0.1) is 6.54 Å². The van der Waals surface area contributed by atoms with Crippen LogP contribution in [0.4, 0.5) is 4.39 Å². The van der Waals surface area contributed by atoms with Gasteiger partial charge < -0.3 is 9.73 Å². The molecular formula is C18H17FN2O5S. The number of amides is 2. The van der Waals surface area contributed by atoms with E-state index in [1.807, 2.05) is 0 Å². The lowest BCUT2D eigenvalue weighted by atomic mass is 10.1. The van der Waals surface area contributed by atoms with Gasteiger partial charge >= 0.3 is 0 Å². The van der Waals surface area contributed by atoms with Crippen LogP contribution in [0.1, 0.15) is 24.0 Å². The van der Waals surface area contributed by atoms with Crippen LogP contribution in [0.5, 0.6) is 0 Å². The third kappa shape index (κ3) is 3.63. The van der Waals surface area contributed by atoms with Crippen molar-refractivity contribution >= 4 is 26.7 Å². The molecule has 0 bridgehead atoms. The maximum absolute atomic E-state index is 13.1. The average Bonchev–Trinajstić information content (AvgIpc) is 3.10. The molecule has 0 spiro atoms. The lowest BCUT2D eigenvalue weighted by Crippen LogP contribution is -2.40. The highest BCUT2D eigenvalue weighted by Crippen LogP contribution is 2.35. The zero-order valence-electron chi connectivity index (χ0n) is 14.7. The first-order valence-electron chi connectivity index (χ1n) is 8.06. The number of nitrogens with one attached hydrogen (secondary N) is 1. The van der Waals surface area contributed by atoms with E-state index < -0.39 is 34.2 Å². The Morgan fingerprint density at radius 2 is 1.81 bits per heavy atom. The first-order valence-corrected chi connectivity index (χ1v) is 9.50. The van der Waals surface area contributed by atoms with Gasteiger partial charge in [-0.3, -0.25) is 9.59 Å². The zero-order chi connectivity index (χ0) is 19.8. The second-order valence-corrected chi connectivity index (χ2v) is 7.87. The van der Waals surface area contributed by atoms with Crippen molar-refractivity contribution in [2.75, 3.05) is 6.54 Å². The summed E-state index contributed by atoms with van der Waals surface area (Å²) >= 11 is 0. The van der Waals surface area contributed by atoms with Crippen molar-refractivity contribution in [1.82, 2.24) is 9.62 Å². The fourth-order valence-corrected chi connectivity index (χ4v) is 4.54. The van der Waals surface area contributed by atoms with Crippen molar-refractivity contribution in [3.8, 4) is 0 Å². The molecule has 0 unspecified atom stereocenters. The Bertz CT molecular complexity index is 1040. The van der Waals surface area contributed by atoms with Gasteiger partial charge in [0.25, 0.3) is 15.9 Å². The Balaban J connectivity index is 1.76. The second kappa shape index (κ2) is 6.99. The topological polar surface area (TPSA) is 96.7 Å². The second-order valence-electron chi connectivity index (χ2n) is 6.07. The molecule has 0 saturated heterocycles. The molecule has 0 saturated carbocycles. The summed E-state index contributed by atoms with van der Waals surface area (Å²) in [5, 5.41) is 2.52. The summed E-state index contributed by atoms with van der Waals surface area (Å²) < 4.78 is 44.5. The number of halogens is 1. The third-order valence-electron chi connectivity index (χ3n) is 4.09. The largest absolute Gasteiger partial charge is 0.465 e. The van der Waals surface area contributed by atoms with Crippen molar-refractivity contribution in [2.24, 2.45) is 0 Å². The van der Waals surface area contributed by atoms with Crippen LogP contribution in [0.15, 0.2) is 46.4 Å². The van der Waals surface area contributed by atoms with Crippen LogP contribution < -0.4 is 5.32 Å². The number of furan rings is 1. The fourth-order valence-electron chi connectivity index (χ4n) is 2.77. The van der Waals surface area contributed by atoms with Gasteiger partial charge in [-0.2, -0.15) is 0 Å². The lowest BCUT2D eigenvalue weighted by Gasteiger charge is -2.16. The molecule has 0 fully saturated rings. The van der Waals surface area contributed by atoms with Crippen LogP contribution in [-0.2, 0) is 26.2 Å². The van der Waals surface area contributed by atoms with Gasteiger partial charge in [-0.15, -0.1) is 0 Å². The van der Waals surface area contributed by atoms with Crippen LogP contribution in [0.3, 0.4) is 0 Å². The van der Waals surface area contributed by atoms with E-state index in [9.17, 15) is 22.4 Å². The quantitative estimate of drug-likeness (QED) is 0.839. The van der Waals surface area contributed by atoms with Crippen LogP contribution in [0.25, 0.3) is 4.91 Å². The normalized spacial score (nSPS) is 16.1. The van der Waals surface area contributed by atoms with Gasteiger partial charge in [-0.05, 0) is 43.7 Å². The molecule has 1 aromatic carbocycles. The smallest absolute Gasteiger partial charge is 0.268 e. The number of hydrogen-bond acceptors (Lipinski definition) is 5. The molecule has 0 radical (unpaired) electrons. The van der Waals surface area contributed by atoms with Crippen LogP contribution in [0, 0.1) is 12.7 Å². The van der Waals surface area contributed by atoms with Crippen molar-refractivity contribution in [3.05, 3.63) is 64.9 Å². The van der Waals surface area contributed by atoms with Gasteiger partial charge in [0.2, 0.25) is 5.91 Å². The summed E-state index contributed by atoms with van der Waals surface area (Å²) in [6.07, 6.45) is 0. The highest BCUT2D eigenvalue weighted by molar-refractivity contribution is 7.99. The number of sulfonamides is 1. The summed E-state index contributed by atoms with van der Waals surface area (Å²) in [5.74, 6) is -0.756. The molecular weight excluding hydrogens is 375 g/mol. The molecule has 27 heavy (non-hydrogen) atoms. The number of carbonyl (C=O) groups is 2. The Hall–Kier alpha value is -2.94. The minimum absolute atomic E-state index is 0.0175. The molecule has 0 atom stereocenters. The Kier molecular flexibility index (Phi) is 4.88. The van der Waals surface area contributed by atoms with Gasteiger partial charge in [0.1, 0.15) is 28.8 Å². The van der Waals surface area contributed by atoms with Crippen LogP contribution in [0.2, 0.25) is 0 Å². The van der Waals surface area contributed by atoms with E-state index in [0.717, 1.165) is 12.1 Å². The monoisotopic (exact) mass is 392 g/mol. The van der Waals surface area contributed by atoms with Crippen molar-refractivity contribution < 1.29 is 26.8 Å². The maximum atomic E-state index is 13.1. The highest BCUT2D eigenvalue weighted by Gasteiger charge is 2.43. The number of nitrogens with zero attached hydrogens (tertiary/aromatic N) is 1. The predicted octanol–water partition coefficient (Wildman–Crippen LogP) is 1.95. The highest BCUT2D eigenvalue weighted by atomic mass is 32.2. The minimum Gasteiger partial charge on any atom is -0.465 e. The predicted molar refractivity (Wildman–Crippen MR) is 94.9 cm³/mol. The summed E-state index contributed by atoms with van der Waals surface area (Å²) in [6, 6.07) is 8.19. The van der Waals surface area contributed by atoms with Gasteiger partial charge in [0, 0.05) is 5.57 Å². The van der Waals surface area contributed by atoms with Crippen LogP contribution in [-0.4, -0.2) is 31.1 Å². The molecule has 3 rings (SSSR count). The summed E-state index contributed by atoms with van der Waals surface area (Å²) in [4.78, 5) is 24.3. The molecule has 1 aliphatic heterocycles. The van der Waals surface area contributed by atoms with Gasteiger partial charge in [-0.25, -0.2) is 17.1 Å². The average molecular weight is 392 g/mol. The molecule has 2 amide bonds. The van der Waals surface area contributed by atoms with Gasteiger partial charge in [-0.1, -0.05) is 12.1 Å². The van der Waals surface area contributed by atoms with E-state index in [-0.39, 0.29) is 22.6 Å². The SMILES string of the molecule is CC1=C(c2ccc(F)cc2)S(=O)(=O)N(CC(=O)NCc2ccc(C)o2)C1=O. The van der Waals surface area contributed by atoms with Crippen molar-refractivity contribution in [2.45, 2.75) is 20.4 Å². The first-order chi connectivity index (χ1) is 12.7. The first kappa shape index (κ1) is 18.8. The molecule has 9 heteroatoms. The molecule has 2 aromatic rings. The molecule has 1 aromatic heterocycles. The van der Waals surface area contributed by atoms with Crippen molar-refractivity contribution in [1.29, 1.82) is 0 Å². The number of hydrogen-bond donors (Lipinski definition) is 1.